The van der Waals surface area contributed by atoms with Crippen LogP contribution in [0, 0.1) is 16.0 Å². The minimum Gasteiger partial charge on any atom is -0.352 e. The van der Waals surface area contributed by atoms with E-state index in [9.17, 15) is 24.5 Å². The summed E-state index contributed by atoms with van der Waals surface area (Å²) in [7, 11) is 0. The van der Waals surface area contributed by atoms with E-state index in [2.05, 4.69) is 5.32 Å². The molecule has 1 fully saturated rings. The highest BCUT2D eigenvalue weighted by atomic mass is 16.6. The third-order valence-corrected chi connectivity index (χ3v) is 4.19. The molecule has 8 nitrogen and oxygen atoms in total. The van der Waals surface area contributed by atoms with Crippen LogP contribution < -0.4 is 5.32 Å². The first-order valence-corrected chi connectivity index (χ1v) is 7.33. The lowest BCUT2D eigenvalue weighted by Gasteiger charge is -2.17. The van der Waals surface area contributed by atoms with Crippen LogP contribution in [0.4, 0.5) is 5.69 Å². The Kier molecular flexibility index (Phi) is 3.59. The molecular weight excluding hydrogens is 302 g/mol. The molecule has 1 N–H and O–H groups in total. The van der Waals surface area contributed by atoms with Crippen LogP contribution in [0.1, 0.15) is 40.5 Å². The number of nitrogens with one attached hydrogen (secondary N) is 1. The highest BCUT2D eigenvalue weighted by Crippen LogP contribution is 2.33. The van der Waals surface area contributed by atoms with E-state index >= 15 is 0 Å². The fraction of sp³-hybridized carbons (Fsp3) is 0.400. The molecule has 1 saturated carbocycles. The molecular formula is C15H15N3O5. The van der Waals surface area contributed by atoms with Gasteiger partial charge < -0.3 is 5.32 Å². The zero-order valence-electron chi connectivity index (χ0n) is 12.4. The maximum Gasteiger partial charge on any atom is 0.282 e. The molecule has 1 aromatic carbocycles. The Labute approximate surface area is 131 Å². The molecule has 0 aromatic heterocycles. The van der Waals surface area contributed by atoms with Gasteiger partial charge in [-0.05, 0) is 31.7 Å². The normalized spacial score (nSPS) is 17.9. The van der Waals surface area contributed by atoms with Gasteiger partial charge in [0.25, 0.3) is 17.5 Å². The molecule has 1 aliphatic carbocycles. The highest BCUT2D eigenvalue weighted by molar-refractivity contribution is 6.24. The van der Waals surface area contributed by atoms with Crippen molar-refractivity contribution < 1.29 is 19.3 Å². The Hall–Kier alpha value is -2.77. The number of imide groups is 1. The summed E-state index contributed by atoms with van der Waals surface area (Å²) >= 11 is 0. The number of nitrogens with zero attached hydrogens (tertiary/aromatic N) is 2. The van der Waals surface area contributed by atoms with Crippen molar-refractivity contribution in [3.05, 3.63) is 39.4 Å². The second-order valence-electron chi connectivity index (χ2n) is 5.85. The Bertz CT molecular complexity index is 726. The van der Waals surface area contributed by atoms with Crippen molar-refractivity contribution in [2.75, 3.05) is 6.54 Å². The second-order valence-corrected chi connectivity index (χ2v) is 5.85. The van der Waals surface area contributed by atoms with E-state index in [4.69, 9.17) is 0 Å². The number of nitro benzene ring substituents is 1. The van der Waals surface area contributed by atoms with Crippen LogP contribution in [0.2, 0.25) is 0 Å². The number of nitro groups is 1. The van der Waals surface area contributed by atoms with Crippen LogP contribution in [0.3, 0.4) is 0 Å². The van der Waals surface area contributed by atoms with Crippen molar-refractivity contribution >= 4 is 23.4 Å². The summed E-state index contributed by atoms with van der Waals surface area (Å²) in [6, 6.07) is 3.86. The van der Waals surface area contributed by atoms with Gasteiger partial charge >= 0.3 is 0 Å². The molecule has 2 aliphatic rings. The molecule has 120 valence electrons. The van der Waals surface area contributed by atoms with E-state index in [1.165, 1.54) is 18.2 Å². The predicted octanol–water partition coefficient (Wildman–Crippen LogP) is 1.11. The molecule has 1 aromatic rings. The Morgan fingerprint density at radius 3 is 2.70 bits per heavy atom. The smallest absolute Gasteiger partial charge is 0.282 e. The second kappa shape index (κ2) is 5.45. The minimum absolute atomic E-state index is 0.00739. The van der Waals surface area contributed by atoms with Crippen LogP contribution >= 0.6 is 0 Å². The summed E-state index contributed by atoms with van der Waals surface area (Å²) in [5, 5.41) is 13.8. The summed E-state index contributed by atoms with van der Waals surface area (Å²) in [5.41, 5.74) is -0.701. The monoisotopic (exact) mass is 317 g/mol. The summed E-state index contributed by atoms with van der Waals surface area (Å²) < 4.78 is 0. The average molecular weight is 317 g/mol. The Morgan fingerprint density at radius 2 is 2.09 bits per heavy atom. The topological polar surface area (TPSA) is 110 Å². The van der Waals surface area contributed by atoms with Crippen molar-refractivity contribution in [1.29, 1.82) is 0 Å². The van der Waals surface area contributed by atoms with Gasteiger partial charge in [0.05, 0.1) is 10.5 Å². The van der Waals surface area contributed by atoms with Crippen molar-refractivity contribution in [3.8, 4) is 0 Å². The van der Waals surface area contributed by atoms with Gasteiger partial charge in [-0.2, -0.15) is 0 Å². The van der Waals surface area contributed by atoms with E-state index in [0.29, 0.717) is 5.92 Å². The summed E-state index contributed by atoms with van der Waals surface area (Å²) in [5.74, 6) is -1.47. The molecule has 3 amide bonds. The number of fused-ring (bicyclic) bond motifs is 1. The SMILES string of the molecule is C[C@@H](NC(=O)CN1C(=O)c2cccc([N+](=O)[O-])c2C1=O)C1CC1. The lowest BCUT2D eigenvalue weighted by molar-refractivity contribution is -0.385. The van der Waals surface area contributed by atoms with E-state index in [1.807, 2.05) is 6.92 Å². The number of carbonyl (C=O) groups is 3. The molecule has 0 radical (unpaired) electrons. The number of carbonyl (C=O) groups excluding carboxylic acids is 3. The quantitative estimate of drug-likeness (QED) is 0.497. The minimum atomic E-state index is -0.800. The first-order valence-electron chi connectivity index (χ1n) is 7.33. The van der Waals surface area contributed by atoms with Crippen LogP contribution in [0.5, 0.6) is 0 Å². The summed E-state index contributed by atoms with van der Waals surface area (Å²) in [6.45, 7) is 1.45. The van der Waals surface area contributed by atoms with Crippen LogP contribution in [0.25, 0.3) is 0 Å². The van der Waals surface area contributed by atoms with E-state index in [-0.39, 0.29) is 17.2 Å². The highest BCUT2D eigenvalue weighted by Gasteiger charge is 2.42. The first-order chi connectivity index (χ1) is 10.9. The third-order valence-electron chi connectivity index (χ3n) is 4.19. The maximum atomic E-state index is 12.3. The van der Waals surface area contributed by atoms with Gasteiger partial charge in [-0.3, -0.25) is 29.4 Å². The summed E-state index contributed by atoms with van der Waals surface area (Å²) in [4.78, 5) is 47.6. The van der Waals surface area contributed by atoms with Crippen LogP contribution in [-0.4, -0.2) is 40.1 Å². The fourth-order valence-corrected chi connectivity index (χ4v) is 2.77. The van der Waals surface area contributed by atoms with Crippen LogP contribution in [0.15, 0.2) is 18.2 Å². The van der Waals surface area contributed by atoms with E-state index in [0.717, 1.165) is 17.7 Å². The van der Waals surface area contributed by atoms with Gasteiger partial charge in [-0.15, -0.1) is 0 Å². The zero-order valence-corrected chi connectivity index (χ0v) is 12.4. The number of hydrogen-bond donors (Lipinski definition) is 1. The maximum absolute atomic E-state index is 12.3. The third kappa shape index (κ3) is 2.67. The fourth-order valence-electron chi connectivity index (χ4n) is 2.77. The molecule has 0 unspecified atom stereocenters. The van der Waals surface area contributed by atoms with E-state index < -0.39 is 34.9 Å². The van der Waals surface area contributed by atoms with Gasteiger partial charge in [0.2, 0.25) is 5.91 Å². The molecule has 0 spiro atoms. The lowest BCUT2D eigenvalue weighted by atomic mass is 10.1. The molecule has 0 saturated heterocycles. The standard InChI is InChI=1S/C15H15N3O5/c1-8(9-5-6-9)16-12(19)7-17-14(20)10-3-2-4-11(18(22)23)13(10)15(17)21/h2-4,8-9H,5-7H2,1H3,(H,16,19)/t8-/m1/s1. The van der Waals surface area contributed by atoms with Crippen molar-refractivity contribution in [2.45, 2.75) is 25.8 Å². The predicted molar refractivity (Wildman–Crippen MR) is 78.8 cm³/mol. The molecule has 0 bridgehead atoms. The van der Waals surface area contributed by atoms with Gasteiger partial charge in [0.15, 0.2) is 0 Å². The molecule has 1 atom stereocenters. The van der Waals surface area contributed by atoms with Crippen molar-refractivity contribution in [1.82, 2.24) is 10.2 Å². The largest absolute Gasteiger partial charge is 0.352 e. The van der Waals surface area contributed by atoms with Crippen LogP contribution in [-0.2, 0) is 4.79 Å². The molecule has 23 heavy (non-hydrogen) atoms. The van der Waals surface area contributed by atoms with Gasteiger partial charge in [-0.1, -0.05) is 6.07 Å². The number of amides is 3. The lowest BCUT2D eigenvalue weighted by Crippen LogP contribution is -2.43. The van der Waals surface area contributed by atoms with Gasteiger partial charge in [0, 0.05) is 12.1 Å². The molecule has 1 heterocycles. The Balaban J connectivity index is 1.78. The Morgan fingerprint density at radius 1 is 1.39 bits per heavy atom. The van der Waals surface area contributed by atoms with Gasteiger partial charge in [0.1, 0.15) is 12.1 Å². The summed E-state index contributed by atoms with van der Waals surface area (Å²) in [6.07, 6.45) is 2.11. The average Bonchev–Trinajstić information content (AvgIpc) is 3.32. The zero-order chi connectivity index (χ0) is 16.7. The van der Waals surface area contributed by atoms with E-state index in [1.54, 1.807) is 0 Å². The van der Waals surface area contributed by atoms with Crippen molar-refractivity contribution in [3.63, 3.8) is 0 Å². The molecule has 1 aliphatic heterocycles. The number of hydrogen-bond acceptors (Lipinski definition) is 5. The number of rotatable bonds is 5. The van der Waals surface area contributed by atoms with Gasteiger partial charge in [-0.25, -0.2) is 0 Å². The number of benzene rings is 1. The molecule has 8 heteroatoms. The molecule has 3 rings (SSSR count). The van der Waals surface area contributed by atoms with Crippen molar-refractivity contribution in [2.24, 2.45) is 5.92 Å². The first kappa shape index (κ1) is 15.1.